The summed E-state index contributed by atoms with van der Waals surface area (Å²) < 4.78 is 5.72. The van der Waals surface area contributed by atoms with Gasteiger partial charge in [-0.3, -0.25) is 0 Å². The third kappa shape index (κ3) is 4.73. The van der Waals surface area contributed by atoms with Gasteiger partial charge in [0.05, 0.1) is 6.10 Å². The SMILES string of the molecule is CCCNC(C)c1ccnc(OC(C)CC)c1. The second kappa shape index (κ2) is 7.28. The molecule has 0 aromatic carbocycles. The number of pyridine rings is 1. The largest absolute Gasteiger partial charge is 0.475 e. The van der Waals surface area contributed by atoms with Crippen LogP contribution in [-0.4, -0.2) is 17.6 Å². The fourth-order valence-corrected chi connectivity index (χ4v) is 1.53. The standard InChI is InChI=1S/C14H24N2O/c1-5-8-15-12(4)13-7-9-16-14(10-13)17-11(3)6-2/h7,9-12,15H,5-6,8H2,1-4H3. The van der Waals surface area contributed by atoms with Crippen molar-refractivity contribution in [3.8, 4) is 5.88 Å². The summed E-state index contributed by atoms with van der Waals surface area (Å²) >= 11 is 0. The minimum atomic E-state index is 0.219. The molecular weight excluding hydrogens is 212 g/mol. The Balaban J connectivity index is 2.64. The lowest BCUT2D eigenvalue weighted by molar-refractivity contribution is 0.208. The van der Waals surface area contributed by atoms with Gasteiger partial charge in [0, 0.05) is 18.3 Å². The average molecular weight is 236 g/mol. The van der Waals surface area contributed by atoms with E-state index in [1.54, 1.807) is 0 Å². The predicted molar refractivity (Wildman–Crippen MR) is 71.3 cm³/mol. The Morgan fingerprint density at radius 2 is 2.12 bits per heavy atom. The number of aromatic nitrogens is 1. The van der Waals surface area contributed by atoms with Crippen molar-refractivity contribution in [3.05, 3.63) is 23.9 Å². The molecule has 0 spiro atoms. The Hall–Kier alpha value is -1.09. The van der Waals surface area contributed by atoms with Crippen molar-refractivity contribution >= 4 is 0 Å². The zero-order valence-electron chi connectivity index (χ0n) is 11.4. The first-order chi connectivity index (χ1) is 8.17. The third-order valence-electron chi connectivity index (χ3n) is 2.86. The van der Waals surface area contributed by atoms with Crippen LogP contribution in [-0.2, 0) is 0 Å². The van der Waals surface area contributed by atoms with Gasteiger partial charge in [0.2, 0.25) is 5.88 Å². The molecule has 2 atom stereocenters. The summed E-state index contributed by atoms with van der Waals surface area (Å²) in [6.45, 7) is 9.54. The van der Waals surface area contributed by atoms with E-state index in [4.69, 9.17) is 4.74 Å². The Bertz CT molecular complexity index is 328. The first-order valence-corrected chi connectivity index (χ1v) is 6.53. The zero-order valence-corrected chi connectivity index (χ0v) is 11.4. The van der Waals surface area contributed by atoms with Gasteiger partial charge in [-0.05, 0) is 44.9 Å². The van der Waals surface area contributed by atoms with Gasteiger partial charge in [-0.2, -0.15) is 0 Å². The summed E-state index contributed by atoms with van der Waals surface area (Å²) in [5, 5.41) is 3.46. The molecule has 1 N–H and O–H groups in total. The molecule has 2 unspecified atom stereocenters. The van der Waals surface area contributed by atoms with Crippen LogP contribution in [0, 0.1) is 0 Å². The zero-order chi connectivity index (χ0) is 12.7. The van der Waals surface area contributed by atoms with Crippen LogP contribution in [0.15, 0.2) is 18.3 Å². The molecule has 0 amide bonds. The monoisotopic (exact) mass is 236 g/mol. The quantitative estimate of drug-likeness (QED) is 0.788. The third-order valence-corrected chi connectivity index (χ3v) is 2.86. The van der Waals surface area contributed by atoms with E-state index in [-0.39, 0.29) is 6.10 Å². The molecule has 1 aromatic rings. The molecule has 0 radical (unpaired) electrons. The second-order valence-corrected chi connectivity index (χ2v) is 4.44. The molecule has 1 aromatic heterocycles. The average Bonchev–Trinajstić information content (AvgIpc) is 2.36. The molecule has 0 aliphatic heterocycles. The molecule has 0 aliphatic rings. The van der Waals surface area contributed by atoms with E-state index in [2.05, 4.69) is 38.0 Å². The van der Waals surface area contributed by atoms with Gasteiger partial charge in [0.15, 0.2) is 0 Å². The predicted octanol–water partition coefficient (Wildman–Crippen LogP) is 3.32. The van der Waals surface area contributed by atoms with Crippen LogP contribution >= 0.6 is 0 Å². The van der Waals surface area contributed by atoms with E-state index in [1.165, 1.54) is 5.56 Å². The van der Waals surface area contributed by atoms with Crippen molar-refractivity contribution in [1.29, 1.82) is 0 Å². The summed E-state index contributed by atoms with van der Waals surface area (Å²) in [6, 6.07) is 4.41. The van der Waals surface area contributed by atoms with Crippen LogP contribution < -0.4 is 10.1 Å². The minimum Gasteiger partial charge on any atom is -0.475 e. The number of nitrogens with zero attached hydrogens (tertiary/aromatic N) is 1. The number of hydrogen-bond donors (Lipinski definition) is 1. The van der Waals surface area contributed by atoms with Crippen molar-refractivity contribution < 1.29 is 4.74 Å². The first-order valence-electron chi connectivity index (χ1n) is 6.53. The van der Waals surface area contributed by atoms with Crippen LogP contribution in [0.2, 0.25) is 0 Å². The van der Waals surface area contributed by atoms with Gasteiger partial charge in [-0.15, -0.1) is 0 Å². The van der Waals surface area contributed by atoms with Crippen LogP contribution in [0.1, 0.15) is 52.1 Å². The maximum absolute atomic E-state index is 5.72. The number of ether oxygens (including phenoxy) is 1. The molecule has 3 heteroatoms. The fourth-order valence-electron chi connectivity index (χ4n) is 1.53. The Labute approximate surface area is 105 Å². The minimum absolute atomic E-state index is 0.219. The van der Waals surface area contributed by atoms with E-state index in [1.807, 2.05) is 18.3 Å². The highest BCUT2D eigenvalue weighted by atomic mass is 16.5. The molecular formula is C14H24N2O. The van der Waals surface area contributed by atoms with Gasteiger partial charge in [-0.1, -0.05) is 13.8 Å². The second-order valence-electron chi connectivity index (χ2n) is 4.44. The molecule has 17 heavy (non-hydrogen) atoms. The van der Waals surface area contributed by atoms with Gasteiger partial charge >= 0.3 is 0 Å². The highest BCUT2D eigenvalue weighted by molar-refractivity contribution is 5.23. The van der Waals surface area contributed by atoms with Gasteiger partial charge in [0.1, 0.15) is 0 Å². The summed E-state index contributed by atoms with van der Waals surface area (Å²) in [5.41, 5.74) is 1.23. The molecule has 0 aliphatic carbocycles. The summed E-state index contributed by atoms with van der Waals surface area (Å²) in [4.78, 5) is 4.24. The normalized spacial score (nSPS) is 14.4. The van der Waals surface area contributed by atoms with E-state index in [0.717, 1.165) is 25.3 Å². The van der Waals surface area contributed by atoms with Gasteiger partial charge < -0.3 is 10.1 Å². The van der Waals surface area contributed by atoms with Crippen molar-refractivity contribution in [2.24, 2.45) is 0 Å². The molecule has 0 fully saturated rings. The van der Waals surface area contributed by atoms with Crippen molar-refractivity contribution in [3.63, 3.8) is 0 Å². The lowest BCUT2D eigenvalue weighted by Gasteiger charge is -2.16. The molecule has 1 rings (SSSR count). The molecule has 1 heterocycles. The van der Waals surface area contributed by atoms with E-state index < -0.39 is 0 Å². The lowest BCUT2D eigenvalue weighted by atomic mass is 10.1. The van der Waals surface area contributed by atoms with Crippen LogP contribution in [0.25, 0.3) is 0 Å². The fraction of sp³-hybridized carbons (Fsp3) is 0.643. The molecule has 0 saturated carbocycles. The van der Waals surface area contributed by atoms with Gasteiger partial charge in [0.25, 0.3) is 0 Å². The van der Waals surface area contributed by atoms with Crippen molar-refractivity contribution in [1.82, 2.24) is 10.3 Å². The number of hydrogen-bond acceptors (Lipinski definition) is 3. The summed E-state index contributed by atoms with van der Waals surface area (Å²) in [6.07, 6.45) is 4.18. The van der Waals surface area contributed by atoms with Gasteiger partial charge in [-0.25, -0.2) is 4.98 Å². The van der Waals surface area contributed by atoms with E-state index in [9.17, 15) is 0 Å². The molecule has 96 valence electrons. The topological polar surface area (TPSA) is 34.2 Å². The maximum atomic E-state index is 5.72. The van der Waals surface area contributed by atoms with Crippen molar-refractivity contribution in [2.75, 3.05) is 6.54 Å². The van der Waals surface area contributed by atoms with Crippen LogP contribution in [0.4, 0.5) is 0 Å². The lowest BCUT2D eigenvalue weighted by Crippen LogP contribution is -2.19. The highest BCUT2D eigenvalue weighted by Gasteiger charge is 2.07. The maximum Gasteiger partial charge on any atom is 0.213 e. The number of nitrogens with one attached hydrogen (secondary N) is 1. The number of rotatable bonds is 7. The molecule has 0 saturated heterocycles. The Morgan fingerprint density at radius 1 is 1.35 bits per heavy atom. The van der Waals surface area contributed by atoms with Crippen LogP contribution in [0.3, 0.4) is 0 Å². The Morgan fingerprint density at radius 3 is 2.76 bits per heavy atom. The smallest absolute Gasteiger partial charge is 0.213 e. The molecule has 0 bridgehead atoms. The first kappa shape index (κ1) is 14.0. The van der Waals surface area contributed by atoms with E-state index >= 15 is 0 Å². The van der Waals surface area contributed by atoms with E-state index in [0.29, 0.717) is 6.04 Å². The summed E-state index contributed by atoms with van der Waals surface area (Å²) in [5.74, 6) is 0.724. The highest BCUT2D eigenvalue weighted by Crippen LogP contribution is 2.17. The van der Waals surface area contributed by atoms with Crippen LogP contribution in [0.5, 0.6) is 5.88 Å². The molecule has 3 nitrogen and oxygen atoms in total. The summed E-state index contributed by atoms with van der Waals surface area (Å²) in [7, 11) is 0. The van der Waals surface area contributed by atoms with Crippen molar-refractivity contribution in [2.45, 2.75) is 52.7 Å². The Kier molecular flexibility index (Phi) is 5.98.